The number of hydrogen-bond donors (Lipinski definition) is 1. The topological polar surface area (TPSA) is 60.5 Å². The van der Waals surface area contributed by atoms with E-state index in [-0.39, 0.29) is 11.7 Å². The number of nitrogens with zero attached hydrogens (tertiary/aromatic N) is 1. The van der Waals surface area contributed by atoms with Crippen LogP contribution in [0.5, 0.6) is 5.75 Å². The first-order valence-electron chi connectivity index (χ1n) is 8.69. The molecule has 0 radical (unpaired) electrons. The van der Waals surface area contributed by atoms with Crippen molar-refractivity contribution in [2.24, 2.45) is 5.92 Å². The van der Waals surface area contributed by atoms with Crippen LogP contribution >= 0.6 is 0 Å². The maximum Gasteiger partial charge on any atom is 0.394 e. The van der Waals surface area contributed by atoms with E-state index in [4.69, 9.17) is 4.74 Å². The van der Waals surface area contributed by atoms with E-state index in [0.717, 1.165) is 11.1 Å². The number of rotatable bonds is 9. The van der Waals surface area contributed by atoms with Crippen molar-refractivity contribution in [2.75, 3.05) is 6.54 Å². The quantitative estimate of drug-likeness (QED) is 0.711. The van der Waals surface area contributed by atoms with Gasteiger partial charge in [-0.05, 0) is 35.2 Å². The molecule has 0 saturated heterocycles. The highest BCUT2D eigenvalue weighted by atomic mass is 19.3. The molecule has 1 aromatic carbocycles. The lowest BCUT2D eigenvalue weighted by molar-refractivity contribution is -0.158. The maximum atomic E-state index is 12.8. The highest BCUT2D eigenvalue weighted by Crippen LogP contribution is 2.21. The average Bonchev–Trinajstić information content (AvgIpc) is 2.60. The number of carbonyl (C=O) groups excluding carboxylic acids is 1. The summed E-state index contributed by atoms with van der Waals surface area (Å²) in [5.74, 6) is 0.277. The Hall–Kier alpha value is -2.54. The van der Waals surface area contributed by atoms with Gasteiger partial charge in [0.1, 0.15) is 11.4 Å². The summed E-state index contributed by atoms with van der Waals surface area (Å²) in [6.07, 6.45) is -1.60. The van der Waals surface area contributed by atoms with E-state index in [1.165, 1.54) is 12.1 Å². The van der Waals surface area contributed by atoms with Crippen molar-refractivity contribution in [1.82, 2.24) is 10.3 Å². The molecule has 1 heterocycles. The van der Waals surface area contributed by atoms with Crippen molar-refractivity contribution < 1.29 is 23.0 Å². The first-order chi connectivity index (χ1) is 12.7. The Labute approximate surface area is 157 Å². The third-order valence-corrected chi connectivity index (χ3v) is 3.49. The van der Waals surface area contributed by atoms with Crippen LogP contribution < -0.4 is 10.1 Å². The summed E-state index contributed by atoms with van der Waals surface area (Å²) >= 11 is 0. The zero-order chi connectivity index (χ0) is 19.9. The molecule has 0 atom stereocenters. The van der Waals surface area contributed by atoms with Crippen LogP contribution in [0.2, 0.25) is 0 Å². The van der Waals surface area contributed by atoms with Gasteiger partial charge in [0.2, 0.25) is 0 Å². The van der Waals surface area contributed by atoms with Gasteiger partial charge in [-0.3, -0.25) is 9.78 Å². The predicted octanol–water partition coefficient (Wildman–Crippen LogP) is 4.18. The highest BCUT2D eigenvalue weighted by Gasteiger charge is 2.22. The summed E-state index contributed by atoms with van der Waals surface area (Å²) in [7, 11) is 0. The minimum atomic E-state index is -3.21. The first kappa shape index (κ1) is 20.8. The lowest BCUT2D eigenvalue weighted by atomic mass is 10.2. The zero-order valence-electron chi connectivity index (χ0n) is 15.7. The number of pyridine rings is 1. The number of ether oxygens (including phenoxy) is 2. The largest absolute Gasteiger partial charge is 0.433 e. The Morgan fingerprint density at radius 3 is 2.30 bits per heavy atom. The molecule has 0 spiro atoms. The molecule has 1 aromatic heterocycles. The van der Waals surface area contributed by atoms with E-state index in [1.807, 2.05) is 13.8 Å². The average molecular weight is 378 g/mol. The summed E-state index contributed by atoms with van der Waals surface area (Å²) in [4.78, 5) is 16.1. The Balaban J connectivity index is 1.79. The Morgan fingerprint density at radius 1 is 1.11 bits per heavy atom. The monoisotopic (exact) mass is 378 g/mol. The second-order valence-corrected chi connectivity index (χ2v) is 6.70. The molecule has 0 aliphatic carbocycles. The standard InChI is InChI=1S/C20H24F2N2O3/c1-14(2)10-24-19(25)18-9-6-16(11-23-18)13-26-12-15-4-7-17(8-5-15)27-20(3,21)22/h4-9,11,14H,10,12-13H2,1-3H3,(H,24,25). The minimum absolute atomic E-state index is 0.0989. The summed E-state index contributed by atoms with van der Waals surface area (Å²) in [5.41, 5.74) is 2.03. The second kappa shape index (κ2) is 9.41. The Kier molecular flexibility index (Phi) is 7.24. The van der Waals surface area contributed by atoms with Crippen LogP contribution in [0.4, 0.5) is 8.78 Å². The molecule has 0 bridgehead atoms. The maximum absolute atomic E-state index is 12.8. The van der Waals surface area contributed by atoms with Gasteiger partial charge in [0, 0.05) is 19.7 Å². The summed E-state index contributed by atoms with van der Waals surface area (Å²) in [6, 6.07) is 9.73. The van der Waals surface area contributed by atoms with Crippen molar-refractivity contribution in [2.45, 2.75) is 40.1 Å². The van der Waals surface area contributed by atoms with Gasteiger partial charge in [-0.15, -0.1) is 0 Å². The molecule has 2 aromatic rings. The third-order valence-electron chi connectivity index (χ3n) is 3.49. The second-order valence-electron chi connectivity index (χ2n) is 6.70. The van der Waals surface area contributed by atoms with Crippen molar-refractivity contribution in [3.63, 3.8) is 0 Å². The smallest absolute Gasteiger partial charge is 0.394 e. The first-order valence-corrected chi connectivity index (χ1v) is 8.69. The van der Waals surface area contributed by atoms with Gasteiger partial charge < -0.3 is 14.8 Å². The van der Waals surface area contributed by atoms with Gasteiger partial charge in [-0.1, -0.05) is 32.0 Å². The summed E-state index contributed by atoms with van der Waals surface area (Å²) in [5, 5.41) is 2.81. The lowest BCUT2D eigenvalue weighted by Crippen LogP contribution is -2.28. The lowest BCUT2D eigenvalue weighted by Gasteiger charge is -2.13. The van der Waals surface area contributed by atoms with Gasteiger partial charge >= 0.3 is 6.11 Å². The van der Waals surface area contributed by atoms with Gasteiger partial charge in [0.25, 0.3) is 5.91 Å². The fourth-order valence-corrected chi connectivity index (χ4v) is 2.18. The van der Waals surface area contributed by atoms with Crippen LogP contribution in [0, 0.1) is 5.92 Å². The van der Waals surface area contributed by atoms with Crippen LogP contribution in [-0.2, 0) is 18.0 Å². The van der Waals surface area contributed by atoms with Crippen molar-refractivity contribution in [3.8, 4) is 5.75 Å². The molecule has 0 fully saturated rings. The SMILES string of the molecule is CC(C)CNC(=O)c1ccc(COCc2ccc(OC(C)(F)F)cc2)cn1. The van der Waals surface area contributed by atoms with E-state index in [2.05, 4.69) is 15.0 Å². The number of nitrogens with one attached hydrogen (secondary N) is 1. The van der Waals surface area contributed by atoms with Crippen LogP contribution in [-0.4, -0.2) is 23.5 Å². The van der Waals surface area contributed by atoms with E-state index >= 15 is 0 Å². The van der Waals surface area contributed by atoms with Crippen molar-refractivity contribution in [1.29, 1.82) is 0 Å². The number of amides is 1. The highest BCUT2D eigenvalue weighted by molar-refractivity contribution is 5.92. The number of carbonyl (C=O) groups is 1. The van der Waals surface area contributed by atoms with Gasteiger partial charge in [-0.2, -0.15) is 8.78 Å². The number of halogens is 2. The molecular weight excluding hydrogens is 354 g/mol. The molecule has 0 aliphatic heterocycles. The summed E-state index contributed by atoms with van der Waals surface area (Å²) < 4.78 is 35.6. The normalized spacial score (nSPS) is 11.5. The number of benzene rings is 1. The van der Waals surface area contributed by atoms with Gasteiger partial charge in [0.15, 0.2) is 0 Å². The van der Waals surface area contributed by atoms with E-state index in [1.54, 1.807) is 30.5 Å². The summed E-state index contributed by atoms with van der Waals surface area (Å²) in [6.45, 7) is 5.98. The molecule has 27 heavy (non-hydrogen) atoms. The third kappa shape index (κ3) is 7.70. The fraction of sp³-hybridized carbons (Fsp3) is 0.400. The van der Waals surface area contributed by atoms with E-state index < -0.39 is 6.11 Å². The van der Waals surface area contributed by atoms with E-state index in [0.29, 0.717) is 38.3 Å². The Morgan fingerprint density at radius 2 is 1.74 bits per heavy atom. The van der Waals surface area contributed by atoms with Gasteiger partial charge in [-0.25, -0.2) is 0 Å². The number of aromatic nitrogens is 1. The Bertz CT molecular complexity index is 726. The molecule has 0 aliphatic rings. The molecule has 7 heteroatoms. The predicted molar refractivity (Wildman–Crippen MR) is 97.6 cm³/mol. The van der Waals surface area contributed by atoms with Crippen LogP contribution in [0.25, 0.3) is 0 Å². The van der Waals surface area contributed by atoms with Crippen molar-refractivity contribution in [3.05, 3.63) is 59.4 Å². The number of hydrogen-bond acceptors (Lipinski definition) is 4. The van der Waals surface area contributed by atoms with Crippen LogP contribution in [0.3, 0.4) is 0 Å². The molecular formula is C20H24F2N2O3. The van der Waals surface area contributed by atoms with Gasteiger partial charge in [0.05, 0.1) is 13.2 Å². The molecule has 2 rings (SSSR count). The van der Waals surface area contributed by atoms with Crippen LogP contribution in [0.15, 0.2) is 42.6 Å². The molecule has 146 valence electrons. The molecule has 1 N–H and O–H groups in total. The number of alkyl halides is 2. The van der Waals surface area contributed by atoms with E-state index in [9.17, 15) is 13.6 Å². The van der Waals surface area contributed by atoms with Crippen LogP contribution in [0.1, 0.15) is 42.4 Å². The molecule has 5 nitrogen and oxygen atoms in total. The van der Waals surface area contributed by atoms with Crippen molar-refractivity contribution >= 4 is 5.91 Å². The minimum Gasteiger partial charge on any atom is -0.433 e. The molecule has 0 saturated carbocycles. The fourth-order valence-electron chi connectivity index (χ4n) is 2.18. The molecule has 1 amide bonds. The molecule has 0 unspecified atom stereocenters. The zero-order valence-corrected chi connectivity index (χ0v) is 15.7.